The Hall–Kier alpha value is -1.92. The number of aromatic amines is 1. The number of pyridine rings is 1. The lowest BCUT2D eigenvalue weighted by Crippen LogP contribution is -2.44. The van der Waals surface area contributed by atoms with Crippen LogP contribution in [0.5, 0.6) is 0 Å². The molecule has 0 bridgehead atoms. The highest BCUT2D eigenvalue weighted by Crippen LogP contribution is 2.14. The molecule has 0 saturated carbocycles. The second kappa shape index (κ2) is 4.99. The molecule has 0 aromatic carbocycles. The van der Waals surface area contributed by atoms with Gasteiger partial charge in [0.15, 0.2) is 0 Å². The zero-order chi connectivity index (χ0) is 13.2. The Morgan fingerprint density at radius 2 is 2.37 bits per heavy atom. The van der Waals surface area contributed by atoms with Crippen LogP contribution in [0.1, 0.15) is 11.4 Å². The van der Waals surface area contributed by atoms with E-state index in [0.717, 1.165) is 11.4 Å². The number of anilines is 1. The largest absolute Gasteiger partial charge is 0.347 e. The fourth-order valence-electron chi connectivity index (χ4n) is 2.05. The minimum absolute atomic E-state index is 0.136. The normalized spacial score (nSPS) is 17.8. The van der Waals surface area contributed by atoms with Gasteiger partial charge in [0.2, 0.25) is 5.91 Å². The molecule has 1 atom stereocenters. The molecule has 1 unspecified atom stereocenters. The van der Waals surface area contributed by atoms with Gasteiger partial charge in [0, 0.05) is 13.0 Å². The fraction of sp³-hybridized carbons (Fsp3) is 0.250. The van der Waals surface area contributed by atoms with Crippen molar-refractivity contribution in [1.82, 2.24) is 20.3 Å². The molecular formula is C12H12ClN5O. The van der Waals surface area contributed by atoms with Gasteiger partial charge < -0.3 is 10.3 Å². The molecule has 1 amide bonds. The number of halogens is 1. The van der Waals surface area contributed by atoms with Gasteiger partial charge in [0.1, 0.15) is 11.0 Å². The number of H-pyrrole nitrogens is 1. The van der Waals surface area contributed by atoms with Crippen molar-refractivity contribution in [3.05, 3.63) is 41.1 Å². The number of amides is 1. The third kappa shape index (κ3) is 2.59. The van der Waals surface area contributed by atoms with E-state index < -0.39 is 0 Å². The van der Waals surface area contributed by atoms with Crippen LogP contribution in [0.4, 0.5) is 5.82 Å². The van der Waals surface area contributed by atoms with Crippen molar-refractivity contribution in [2.24, 2.45) is 0 Å². The smallest absolute Gasteiger partial charge is 0.243 e. The first-order valence-corrected chi connectivity index (χ1v) is 6.28. The van der Waals surface area contributed by atoms with Crippen LogP contribution in [-0.4, -0.2) is 26.9 Å². The Kier molecular flexibility index (Phi) is 3.18. The average Bonchev–Trinajstić information content (AvgIpc) is 2.85. The molecule has 0 saturated heterocycles. The first-order valence-electron chi connectivity index (χ1n) is 5.90. The zero-order valence-electron chi connectivity index (χ0n) is 9.98. The zero-order valence-corrected chi connectivity index (χ0v) is 10.7. The minimum atomic E-state index is -0.309. The minimum Gasteiger partial charge on any atom is -0.347 e. The number of fused-ring (bicyclic) bond motifs is 1. The maximum Gasteiger partial charge on any atom is 0.243 e. The number of nitrogens with one attached hydrogen (secondary N) is 3. The van der Waals surface area contributed by atoms with Gasteiger partial charge in [-0.25, -0.2) is 9.97 Å². The highest BCUT2D eigenvalue weighted by molar-refractivity contribution is 6.29. The van der Waals surface area contributed by atoms with Crippen molar-refractivity contribution in [2.45, 2.75) is 19.0 Å². The summed E-state index contributed by atoms with van der Waals surface area (Å²) in [6.45, 7) is 0.608. The van der Waals surface area contributed by atoms with Crippen molar-refractivity contribution < 1.29 is 4.79 Å². The summed E-state index contributed by atoms with van der Waals surface area (Å²) >= 11 is 5.77. The van der Waals surface area contributed by atoms with Crippen LogP contribution in [0.3, 0.4) is 0 Å². The maximum atomic E-state index is 12.1. The number of rotatable bonds is 2. The van der Waals surface area contributed by atoms with Crippen LogP contribution in [0.25, 0.3) is 0 Å². The summed E-state index contributed by atoms with van der Waals surface area (Å²) in [5.74, 6) is 0.315. The van der Waals surface area contributed by atoms with Crippen molar-refractivity contribution in [3.63, 3.8) is 0 Å². The Morgan fingerprint density at radius 3 is 3.21 bits per heavy atom. The van der Waals surface area contributed by atoms with Crippen molar-refractivity contribution in [2.75, 3.05) is 5.32 Å². The van der Waals surface area contributed by atoms with Crippen molar-refractivity contribution in [3.8, 4) is 0 Å². The third-order valence-corrected chi connectivity index (χ3v) is 3.22. The lowest BCUT2D eigenvalue weighted by molar-refractivity contribution is -0.118. The van der Waals surface area contributed by atoms with Gasteiger partial charge >= 0.3 is 0 Å². The molecule has 2 aromatic rings. The molecule has 3 heterocycles. The lowest BCUT2D eigenvalue weighted by Gasteiger charge is -2.22. The summed E-state index contributed by atoms with van der Waals surface area (Å²) in [4.78, 5) is 23.4. The highest BCUT2D eigenvalue weighted by atomic mass is 35.5. The number of hydrogen-bond donors (Lipinski definition) is 3. The molecular weight excluding hydrogens is 266 g/mol. The summed E-state index contributed by atoms with van der Waals surface area (Å²) in [7, 11) is 0. The van der Waals surface area contributed by atoms with Crippen LogP contribution < -0.4 is 10.6 Å². The Morgan fingerprint density at radius 1 is 1.47 bits per heavy atom. The molecule has 0 fully saturated rings. The van der Waals surface area contributed by atoms with E-state index >= 15 is 0 Å². The van der Waals surface area contributed by atoms with Gasteiger partial charge in [-0.05, 0) is 12.1 Å². The van der Waals surface area contributed by atoms with E-state index in [9.17, 15) is 4.79 Å². The number of carbonyl (C=O) groups excluding carboxylic acids is 1. The number of hydrogen-bond acceptors (Lipinski definition) is 4. The van der Waals surface area contributed by atoms with Gasteiger partial charge in [-0.3, -0.25) is 10.1 Å². The van der Waals surface area contributed by atoms with Crippen LogP contribution in [-0.2, 0) is 17.8 Å². The summed E-state index contributed by atoms with van der Waals surface area (Å²) in [5, 5.41) is 6.24. The van der Waals surface area contributed by atoms with E-state index in [1.165, 1.54) is 0 Å². The van der Waals surface area contributed by atoms with Crippen LogP contribution in [0.2, 0.25) is 5.15 Å². The van der Waals surface area contributed by atoms with E-state index in [0.29, 0.717) is 23.9 Å². The summed E-state index contributed by atoms with van der Waals surface area (Å²) in [6, 6.07) is 4.79. The van der Waals surface area contributed by atoms with Gasteiger partial charge in [-0.15, -0.1) is 0 Å². The molecule has 19 heavy (non-hydrogen) atoms. The van der Waals surface area contributed by atoms with E-state index in [4.69, 9.17) is 11.6 Å². The quantitative estimate of drug-likeness (QED) is 0.718. The first kappa shape index (κ1) is 12.1. The molecule has 0 radical (unpaired) electrons. The van der Waals surface area contributed by atoms with E-state index in [1.54, 1.807) is 24.5 Å². The van der Waals surface area contributed by atoms with E-state index in [2.05, 4.69) is 25.6 Å². The second-order valence-corrected chi connectivity index (χ2v) is 4.69. The Bertz CT molecular complexity index is 612. The van der Waals surface area contributed by atoms with Crippen LogP contribution >= 0.6 is 11.6 Å². The average molecular weight is 278 g/mol. The third-order valence-electron chi connectivity index (χ3n) is 3.01. The summed E-state index contributed by atoms with van der Waals surface area (Å²) in [6.07, 6.45) is 2.20. The Balaban J connectivity index is 1.69. The molecule has 3 N–H and O–H groups in total. The Labute approximate surface area is 114 Å². The molecule has 1 aliphatic rings. The van der Waals surface area contributed by atoms with Gasteiger partial charge in [0.25, 0.3) is 0 Å². The molecule has 6 nitrogen and oxygen atoms in total. The molecule has 3 rings (SSSR count). The van der Waals surface area contributed by atoms with E-state index in [1.807, 2.05) is 0 Å². The fourth-order valence-corrected chi connectivity index (χ4v) is 2.21. The first-order chi connectivity index (χ1) is 9.22. The van der Waals surface area contributed by atoms with Crippen LogP contribution in [0, 0.1) is 0 Å². The molecule has 98 valence electrons. The predicted octanol–water partition coefficient (Wildman–Crippen LogP) is 1.11. The number of carbonyl (C=O) groups is 1. The van der Waals surface area contributed by atoms with Crippen molar-refractivity contribution >= 4 is 23.3 Å². The molecule has 2 aromatic heterocycles. The van der Waals surface area contributed by atoms with Gasteiger partial charge in [-0.2, -0.15) is 0 Å². The SMILES string of the molecule is O=C(Nc1cccc(Cl)n1)C1Cc2nc[nH]c2CN1. The summed E-state index contributed by atoms with van der Waals surface area (Å²) in [5.41, 5.74) is 1.96. The monoisotopic (exact) mass is 277 g/mol. The molecule has 0 aliphatic carbocycles. The topological polar surface area (TPSA) is 82.7 Å². The second-order valence-electron chi connectivity index (χ2n) is 4.30. The molecule has 7 heteroatoms. The maximum absolute atomic E-state index is 12.1. The van der Waals surface area contributed by atoms with Gasteiger partial charge in [-0.1, -0.05) is 17.7 Å². The van der Waals surface area contributed by atoms with Crippen LogP contribution in [0.15, 0.2) is 24.5 Å². The lowest BCUT2D eigenvalue weighted by atomic mass is 10.0. The summed E-state index contributed by atoms with van der Waals surface area (Å²) < 4.78 is 0. The van der Waals surface area contributed by atoms with Gasteiger partial charge in [0.05, 0.1) is 23.8 Å². The van der Waals surface area contributed by atoms with Crippen molar-refractivity contribution in [1.29, 1.82) is 0 Å². The van der Waals surface area contributed by atoms with E-state index in [-0.39, 0.29) is 11.9 Å². The molecule has 0 spiro atoms. The molecule has 1 aliphatic heterocycles. The number of aromatic nitrogens is 3. The number of nitrogens with zero attached hydrogens (tertiary/aromatic N) is 2. The predicted molar refractivity (Wildman–Crippen MR) is 70.8 cm³/mol. The highest BCUT2D eigenvalue weighted by Gasteiger charge is 2.25. The standard InChI is InChI=1S/C12H12ClN5O/c13-10-2-1-3-11(17-10)18-12(19)8-4-7-9(5-14-8)16-6-15-7/h1-3,6,8,14H,4-5H2,(H,15,16)(H,17,18,19). The number of imidazole rings is 1.